The van der Waals surface area contributed by atoms with Crippen molar-refractivity contribution in [1.82, 2.24) is 19.9 Å². The van der Waals surface area contributed by atoms with Crippen LogP contribution in [0.4, 0.5) is 0 Å². The van der Waals surface area contributed by atoms with Crippen molar-refractivity contribution in [3.63, 3.8) is 0 Å². The summed E-state index contributed by atoms with van der Waals surface area (Å²) >= 11 is 1.79. The topological polar surface area (TPSA) is 64.7 Å². The van der Waals surface area contributed by atoms with Gasteiger partial charge in [-0.2, -0.15) is 0 Å². The fraction of sp³-hybridized carbons (Fsp3) is 0. The van der Waals surface area contributed by atoms with Gasteiger partial charge in [0.15, 0.2) is 17.5 Å². The van der Waals surface area contributed by atoms with Crippen LogP contribution in [0.3, 0.4) is 0 Å². The van der Waals surface area contributed by atoms with Crippen molar-refractivity contribution in [3.8, 4) is 45.6 Å². The molecule has 0 amide bonds. The predicted octanol–water partition coefficient (Wildman–Crippen LogP) is 11.4. The van der Waals surface area contributed by atoms with E-state index in [0.717, 1.165) is 55.1 Å². The van der Waals surface area contributed by atoms with E-state index in [-0.39, 0.29) is 0 Å². The Kier molecular flexibility index (Phi) is 5.98. The van der Waals surface area contributed by atoms with E-state index in [1.54, 1.807) is 11.3 Å². The summed E-state index contributed by atoms with van der Waals surface area (Å²) in [4.78, 5) is 20.6. The highest BCUT2D eigenvalue weighted by molar-refractivity contribution is 7.25. The maximum atomic E-state index is 6.69. The third-order valence-corrected chi connectivity index (χ3v) is 10.0. The first kappa shape index (κ1) is 26.9. The summed E-state index contributed by atoms with van der Waals surface area (Å²) in [6, 6.07) is 49.8. The number of thiophene rings is 1. The molecule has 6 heteroatoms. The minimum absolute atomic E-state index is 0.493. The molecule has 0 aliphatic rings. The molecule has 48 heavy (non-hydrogen) atoms. The first-order valence-electron chi connectivity index (χ1n) is 15.8. The van der Waals surface area contributed by atoms with Crippen LogP contribution < -0.4 is 0 Å². The lowest BCUT2D eigenvalue weighted by Crippen LogP contribution is -2.02. The average Bonchev–Trinajstić information content (AvgIpc) is 3.72. The Hall–Kier alpha value is -6.24. The van der Waals surface area contributed by atoms with Crippen molar-refractivity contribution < 1.29 is 4.42 Å². The molecule has 4 aromatic heterocycles. The average molecular weight is 633 g/mol. The summed E-state index contributed by atoms with van der Waals surface area (Å²) in [6.07, 6.45) is 0. The molecule has 5 nitrogen and oxygen atoms in total. The predicted molar refractivity (Wildman–Crippen MR) is 197 cm³/mol. The minimum atomic E-state index is 0.493. The van der Waals surface area contributed by atoms with Gasteiger partial charge in [-0.15, -0.1) is 11.3 Å². The van der Waals surface area contributed by atoms with Crippen LogP contribution >= 0.6 is 11.3 Å². The first-order chi connectivity index (χ1) is 23.8. The number of pyridine rings is 1. The smallest absolute Gasteiger partial charge is 0.183 e. The van der Waals surface area contributed by atoms with Gasteiger partial charge in [0.1, 0.15) is 16.9 Å². The Morgan fingerprint density at radius 1 is 0.438 bits per heavy atom. The van der Waals surface area contributed by atoms with Crippen molar-refractivity contribution >= 4 is 64.2 Å². The van der Waals surface area contributed by atoms with Gasteiger partial charge in [0.2, 0.25) is 0 Å². The third kappa shape index (κ3) is 4.31. The second kappa shape index (κ2) is 10.7. The second-order valence-electron chi connectivity index (χ2n) is 11.8. The molecule has 224 valence electrons. The zero-order valence-electron chi connectivity index (χ0n) is 25.5. The van der Waals surface area contributed by atoms with Crippen LogP contribution in [-0.4, -0.2) is 19.9 Å². The zero-order chi connectivity index (χ0) is 31.6. The molecule has 0 atom stereocenters. The number of furan rings is 1. The molecule has 0 fully saturated rings. The first-order valence-corrected chi connectivity index (χ1v) is 16.6. The Morgan fingerprint density at radius 3 is 1.81 bits per heavy atom. The van der Waals surface area contributed by atoms with Crippen LogP contribution in [0.5, 0.6) is 0 Å². The van der Waals surface area contributed by atoms with E-state index in [1.165, 1.54) is 20.2 Å². The van der Waals surface area contributed by atoms with Crippen molar-refractivity contribution in [1.29, 1.82) is 0 Å². The second-order valence-corrected chi connectivity index (χ2v) is 12.9. The van der Waals surface area contributed by atoms with Crippen molar-refractivity contribution in [2.75, 3.05) is 0 Å². The Balaban J connectivity index is 1.32. The van der Waals surface area contributed by atoms with Crippen molar-refractivity contribution in [2.24, 2.45) is 0 Å². The van der Waals surface area contributed by atoms with Gasteiger partial charge < -0.3 is 4.42 Å². The monoisotopic (exact) mass is 632 g/mol. The van der Waals surface area contributed by atoms with Crippen LogP contribution in [0.2, 0.25) is 0 Å². The van der Waals surface area contributed by atoms with Gasteiger partial charge in [-0.25, -0.2) is 19.9 Å². The minimum Gasteiger partial charge on any atom is -0.456 e. The van der Waals surface area contributed by atoms with Gasteiger partial charge >= 0.3 is 0 Å². The van der Waals surface area contributed by atoms with Gasteiger partial charge in [-0.3, -0.25) is 0 Å². The lowest BCUT2D eigenvalue weighted by molar-refractivity contribution is 0.669. The number of rotatable bonds is 4. The van der Waals surface area contributed by atoms with E-state index in [9.17, 15) is 0 Å². The molecule has 0 radical (unpaired) electrons. The summed E-state index contributed by atoms with van der Waals surface area (Å²) in [5.74, 6) is 1.67. The standard InChI is InChI=1S/C42H24N4OS/c1-3-12-25(13-4-1)40-44-41(26-14-5-2-6-15-26)46-42(45-40)39-38-31-22-27-16-7-8-17-28(27)23-33(31)47-34(38)24-32(43-39)29-19-11-21-36-37(29)30-18-9-10-20-35(30)48-36/h1-24H. The number of aromatic nitrogens is 4. The summed E-state index contributed by atoms with van der Waals surface area (Å²) < 4.78 is 9.15. The maximum Gasteiger partial charge on any atom is 0.183 e. The molecule has 4 heterocycles. The fourth-order valence-corrected chi connectivity index (χ4v) is 7.81. The van der Waals surface area contributed by atoms with Gasteiger partial charge in [-0.1, -0.05) is 115 Å². The normalized spacial score (nSPS) is 11.8. The van der Waals surface area contributed by atoms with Crippen LogP contribution in [0, 0.1) is 0 Å². The van der Waals surface area contributed by atoms with Crippen LogP contribution in [0.1, 0.15) is 0 Å². The van der Waals surface area contributed by atoms with Crippen LogP contribution in [0.25, 0.3) is 98.4 Å². The Bertz CT molecular complexity index is 2780. The van der Waals surface area contributed by atoms with Gasteiger partial charge in [0.25, 0.3) is 0 Å². The molecule has 0 unspecified atom stereocenters. The molecule has 6 aromatic carbocycles. The zero-order valence-corrected chi connectivity index (χ0v) is 26.3. The molecule has 0 bridgehead atoms. The lowest BCUT2D eigenvalue weighted by Gasteiger charge is -2.11. The summed E-state index contributed by atoms with van der Waals surface area (Å²) in [6.45, 7) is 0. The number of hydrogen-bond acceptors (Lipinski definition) is 6. The lowest BCUT2D eigenvalue weighted by atomic mass is 10.0. The quantitative estimate of drug-likeness (QED) is 0.193. The molecule has 0 saturated heterocycles. The van der Waals surface area contributed by atoms with Gasteiger partial charge in [0.05, 0.1) is 11.1 Å². The number of fused-ring (bicyclic) bond motifs is 7. The van der Waals surface area contributed by atoms with E-state index in [2.05, 4.69) is 84.9 Å². The van der Waals surface area contributed by atoms with E-state index in [0.29, 0.717) is 23.2 Å². The Labute approximate surface area is 278 Å². The Morgan fingerprint density at radius 2 is 1.06 bits per heavy atom. The molecule has 10 rings (SSSR count). The van der Waals surface area contributed by atoms with Gasteiger partial charge in [-0.05, 0) is 35.0 Å². The summed E-state index contributed by atoms with van der Waals surface area (Å²) in [5.41, 5.74) is 5.84. The van der Waals surface area contributed by atoms with Crippen molar-refractivity contribution in [2.45, 2.75) is 0 Å². The van der Waals surface area contributed by atoms with Crippen molar-refractivity contribution in [3.05, 3.63) is 146 Å². The van der Waals surface area contributed by atoms with Gasteiger partial charge in [0, 0.05) is 48.3 Å². The molecule has 0 spiro atoms. The molecule has 0 saturated carbocycles. The van der Waals surface area contributed by atoms with Crippen LogP contribution in [-0.2, 0) is 0 Å². The maximum absolute atomic E-state index is 6.69. The number of benzene rings is 6. The van der Waals surface area contributed by atoms with E-state index < -0.39 is 0 Å². The highest BCUT2D eigenvalue weighted by Crippen LogP contribution is 2.43. The van der Waals surface area contributed by atoms with E-state index in [1.807, 2.05) is 60.7 Å². The summed E-state index contributed by atoms with van der Waals surface area (Å²) in [7, 11) is 0. The van der Waals surface area contributed by atoms with E-state index in [4.69, 9.17) is 24.4 Å². The molecule has 10 aromatic rings. The van der Waals surface area contributed by atoms with E-state index >= 15 is 0 Å². The largest absolute Gasteiger partial charge is 0.456 e. The highest BCUT2D eigenvalue weighted by atomic mass is 32.1. The number of hydrogen-bond donors (Lipinski definition) is 0. The molecule has 0 N–H and O–H groups in total. The van der Waals surface area contributed by atoms with Crippen LogP contribution in [0.15, 0.2) is 150 Å². The highest BCUT2D eigenvalue weighted by Gasteiger charge is 2.22. The fourth-order valence-electron chi connectivity index (χ4n) is 6.68. The molecular formula is C42H24N4OS. The third-order valence-electron chi connectivity index (χ3n) is 8.91. The summed E-state index contributed by atoms with van der Waals surface area (Å²) in [5, 5.41) is 6.49. The SMILES string of the molecule is c1ccc(-c2nc(-c3ccccc3)nc(-c3nc(-c4cccc5sc6ccccc6c45)cc4oc5cc6ccccc6cc5c34)n2)cc1. The molecule has 0 aliphatic carbocycles. The molecular weight excluding hydrogens is 609 g/mol. The number of nitrogens with zero attached hydrogens (tertiary/aromatic N) is 4. The molecule has 0 aliphatic heterocycles.